The molecule has 0 saturated heterocycles. The first-order valence-electron chi connectivity index (χ1n) is 5.75. The summed E-state index contributed by atoms with van der Waals surface area (Å²) in [4.78, 5) is 2.40. The molecule has 0 radical (unpaired) electrons. The molecule has 86 valence electrons. The third-order valence-corrected chi connectivity index (χ3v) is 2.24. The SMILES string of the molecule is CC(C)CCN(C)CCNC(C)(C)C. The highest BCUT2D eigenvalue weighted by Crippen LogP contribution is 2.01. The van der Waals surface area contributed by atoms with E-state index < -0.39 is 0 Å². The maximum atomic E-state index is 3.50. The highest BCUT2D eigenvalue weighted by atomic mass is 15.1. The summed E-state index contributed by atoms with van der Waals surface area (Å²) in [6.07, 6.45) is 1.30. The molecule has 0 heterocycles. The molecule has 2 nitrogen and oxygen atoms in total. The van der Waals surface area contributed by atoms with Crippen LogP contribution in [0, 0.1) is 5.92 Å². The molecule has 0 saturated carbocycles. The normalized spacial score (nSPS) is 12.9. The van der Waals surface area contributed by atoms with E-state index in [4.69, 9.17) is 0 Å². The Morgan fingerprint density at radius 2 is 1.71 bits per heavy atom. The van der Waals surface area contributed by atoms with Crippen molar-refractivity contribution in [1.29, 1.82) is 0 Å². The van der Waals surface area contributed by atoms with Crippen LogP contribution in [0.25, 0.3) is 0 Å². The van der Waals surface area contributed by atoms with E-state index in [9.17, 15) is 0 Å². The van der Waals surface area contributed by atoms with Crippen LogP contribution in [0.4, 0.5) is 0 Å². The molecule has 0 aliphatic rings. The van der Waals surface area contributed by atoms with Gasteiger partial charge in [0, 0.05) is 18.6 Å². The lowest BCUT2D eigenvalue weighted by Gasteiger charge is -2.23. The van der Waals surface area contributed by atoms with Crippen molar-refractivity contribution in [2.24, 2.45) is 5.92 Å². The summed E-state index contributed by atoms with van der Waals surface area (Å²) in [5.74, 6) is 0.813. The average molecular weight is 200 g/mol. The summed E-state index contributed by atoms with van der Waals surface area (Å²) < 4.78 is 0. The second kappa shape index (κ2) is 6.41. The van der Waals surface area contributed by atoms with Gasteiger partial charge in [-0.25, -0.2) is 0 Å². The summed E-state index contributed by atoms with van der Waals surface area (Å²) in [7, 11) is 2.20. The van der Waals surface area contributed by atoms with Crippen molar-refractivity contribution in [3.8, 4) is 0 Å². The maximum Gasteiger partial charge on any atom is 0.0104 e. The van der Waals surface area contributed by atoms with Crippen LogP contribution < -0.4 is 5.32 Å². The van der Waals surface area contributed by atoms with E-state index in [1.807, 2.05) is 0 Å². The van der Waals surface area contributed by atoms with E-state index in [1.54, 1.807) is 0 Å². The van der Waals surface area contributed by atoms with Crippen LogP contribution in [0.3, 0.4) is 0 Å². The van der Waals surface area contributed by atoms with Gasteiger partial charge >= 0.3 is 0 Å². The lowest BCUT2D eigenvalue weighted by atomic mass is 10.1. The van der Waals surface area contributed by atoms with Crippen molar-refractivity contribution in [3.63, 3.8) is 0 Å². The van der Waals surface area contributed by atoms with Crippen LogP contribution in [0.15, 0.2) is 0 Å². The Labute approximate surface area is 90.1 Å². The summed E-state index contributed by atoms with van der Waals surface area (Å²) in [6.45, 7) is 14.6. The number of hydrogen-bond donors (Lipinski definition) is 1. The minimum atomic E-state index is 0.249. The van der Waals surface area contributed by atoms with Crippen LogP contribution in [0.1, 0.15) is 41.0 Å². The van der Waals surface area contributed by atoms with E-state index in [0.29, 0.717) is 0 Å². The molecule has 2 heteroatoms. The zero-order valence-corrected chi connectivity index (χ0v) is 10.9. The van der Waals surface area contributed by atoms with Gasteiger partial charge in [0.15, 0.2) is 0 Å². The number of nitrogens with zero attached hydrogens (tertiary/aromatic N) is 1. The Bertz CT molecular complexity index is 136. The highest BCUT2D eigenvalue weighted by molar-refractivity contribution is 4.70. The molecule has 0 aromatic heterocycles. The minimum absolute atomic E-state index is 0.249. The van der Waals surface area contributed by atoms with Gasteiger partial charge in [-0.05, 0) is 46.7 Å². The van der Waals surface area contributed by atoms with Crippen LogP contribution in [-0.4, -0.2) is 37.1 Å². The Kier molecular flexibility index (Phi) is 6.38. The lowest BCUT2D eigenvalue weighted by molar-refractivity contribution is 0.293. The Balaban J connectivity index is 3.40. The van der Waals surface area contributed by atoms with Crippen molar-refractivity contribution in [3.05, 3.63) is 0 Å². The van der Waals surface area contributed by atoms with Crippen LogP contribution in [0.2, 0.25) is 0 Å². The quantitative estimate of drug-likeness (QED) is 0.708. The number of likely N-dealkylation sites (N-methyl/N-ethyl adjacent to an activating group) is 1. The van der Waals surface area contributed by atoms with Gasteiger partial charge in [-0.2, -0.15) is 0 Å². The van der Waals surface area contributed by atoms with E-state index in [-0.39, 0.29) is 5.54 Å². The van der Waals surface area contributed by atoms with Crippen LogP contribution in [0.5, 0.6) is 0 Å². The smallest absolute Gasteiger partial charge is 0.0104 e. The molecule has 0 aromatic rings. The first-order chi connectivity index (χ1) is 6.31. The summed E-state index contributed by atoms with van der Waals surface area (Å²) in [6, 6.07) is 0. The first kappa shape index (κ1) is 13.9. The summed E-state index contributed by atoms with van der Waals surface area (Å²) in [5.41, 5.74) is 0.249. The second-order valence-corrected chi connectivity index (χ2v) is 5.66. The van der Waals surface area contributed by atoms with Gasteiger partial charge in [0.1, 0.15) is 0 Å². The third kappa shape index (κ3) is 10.0. The molecule has 0 aromatic carbocycles. The van der Waals surface area contributed by atoms with Gasteiger partial charge in [-0.3, -0.25) is 0 Å². The fourth-order valence-corrected chi connectivity index (χ4v) is 1.21. The van der Waals surface area contributed by atoms with Crippen LogP contribution in [-0.2, 0) is 0 Å². The molecular formula is C12H28N2. The molecule has 0 atom stereocenters. The third-order valence-electron chi connectivity index (χ3n) is 2.24. The Morgan fingerprint density at radius 3 is 2.14 bits per heavy atom. The Morgan fingerprint density at radius 1 is 1.14 bits per heavy atom. The first-order valence-corrected chi connectivity index (χ1v) is 5.75. The Hall–Kier alpha value is -0.0800. The summed E-state index contributed by atoms with van der Waals surface area (Å²) in [5, 5.41) is 3.50. The topological polar surface area (TPSA) is 15.3 Å². The molecule has 0 aliphatic heterocycles. The zero-order chi connectivity index (χ0) is 11.2. The van der Waals surface area contributed by atoms with Gasteiger partial charge < -0.3 is 10.2 Å². The number of hydrogen-bond acceptors (Lipinski definition) is 2. The van der Waals surface area contributed by atoms with Crippen molar-refractivity contribution in [2.75, 3.05) is 26.7 Å². The van der Waals surface area contributed by atoms with E-state index in [2.05, 4.69) is 51.9 Å². The number of rotatable bonds is 6. The average Bonchev–Trinajstić information content (AvgIpc) is 1.98. The molecule has 14 heavy (non-hydrogen) atoms. The van der Waals surface area contributed by atoms with Crippen molar-refractivity contribution in [1.82, 2.24) is 10.2 Å². The van der Waals surface area contributed by atoms with Crippen molar-refractivity contribution in [2.45, 2.75) is 46.6 Å². The van der Waals surface area contributed by atoms with Gasteiger partial charge in [0.25, 0.3) is 0 Å². The van der Waals surface area contributed by atoms with E-state index >= 15 is 0 Å². The fourth-order valence-electron chi connectivity index (χ4n) is 1.21. The van der Waals surface area contributed by atoms with Crippen LogP contribution >= 0.6 is 0 Å². The minimum Gasteiger partial charge on any atom is -0.311 e. The molecule has 0 bridgehead atoms. The van der Waals surface area contributed by atoms with E-state index in [0.717, 1.165) is 19.0 Å². The molecule has 0 unspecified atom stereocenters. The molecule has 0 fully saturated rings. The maximum absolute atomic E-state index is 3.50. The predicted molar refractivity (Wildman–Crippen MR) is 64.7 cm³/mol. The standard InChI is InChI=1S/C12H28N2/c1-11(2)7-9-14(6)10-8-13-12(3,4)5/h11,13H,7-10H2,1-6H3. The zero-order valence-electron chi connectivity index (χ0n) is 10.9. The predicted octanol–water partition coefficient (Wildman–Crippen LogP) is 2.35. The van der Waals surface area contributed by atoms with E-state index in [1.165, 1.54) is 13.0 Å². The molecule has 0 spiro atoms. The van der Waals surface area contributed by atoms with Crippen molar-refractivity contribution >= 4 is 0 Å². The van der Waals surface area contributed by atoms with Gasteiger partial charge in [-0.15, -0.1) is 0 Å². The van der Waals surface area contributed by atoms with Gasteiger partial charge in [0.2, 0.25) is 0 Å². The highest BCUT2D eigenvalue weighted by Gasteiger charge is 2.08. The van der Waals surface area contributed by atoms with Gasteiger partial charge in [0.05, 0.1) is 0 Å². The van der Waals surface area contributed by atoms with Gasteiger partial charge in [-0.1, -0.05) is 13.8 Å². The molecular weight excluding hydrogens is 172 g/mol. The number of nitrogens with one attached hydrogen (secondary N) is 1. The molecule has 0 rings (SSSR count). The second-order valence-electron chi connectivity index (χ2n) is 5.66. The molecule has 0 aliphatic carbocycles. The summed E-state index contributed by atoms with van der Waals surface area (Å²) >= 11 is 0. The molecule has 0 amide bonds. The van der Waals surface area contributed by atoms with Crippen molar-refractivity contribution < 1.29 is 0 Å². The fraction of sp³-hybridized carbons (Fsp3) is 1.00. The monoisotopic (exact) mass is 200 g/mol. The molecule has 1 N–H and O–H groups in total. The largest absolute Gasteiger partial charge is 0.311 e. The lowest BCUT2D eigenvalue weighted by Crippen LogP contribution is -2.40.